The summed E-state index contributed by atoms with van der Waals surface area (Å²) in [5.41, 5.74) is 0. The van der Waals surface area contributed by atoms with E-state index in [2.05, 4.69) is 36.1 Å². The Balaban J connectivity index is 2.14. The van der Waals surface area contributed by atoms with Gasteiger partial charge in [0.25, 0.3) is 0 Å². The van der Waals surface area contributed by atoms with Crippen LogP contribution in [0.5, 0.6) is 0 Å². The van der Waals surface area contributed by atoms with Gasteiger partial charge in [-0.25, -0.2) is 4.98 Å². The zero-order valence-corrected chi connectivity index (χ0v) is 8.14. The minimum atomic E-state index is 0.701. The van der Waals surface area contributed by atoms with Crippen molar-refractivity contribution < 1.29 is 0 Å². The molecule has 0 saturated carbocycles. The Morgan fingerprint density at radius 2 is 2.54 bits per heavy atom. The largest absolute Gasteiger partial charge is 0.344 e. The first kappa shape index (κ1) is 8.18. The monoisotopic (exact) mass is 239 g/mol. The van der Waals surface area contributed by atoms with Crippen molar-refractivity contribution in [2.75, 3.05) is 0 Å². The molecule has 0 unspecified atom stereocenters. The molecule has 0 aliphatic carbocycles. The van der Waals surface area contributed by atoms with Crippen molar-refractivity contribution in [1.29, 1.82) is 0 Å². The number of imidazole rings is 1. The number of aromatic nitrogens is 4. The molecular formula is C7H6BrN5. The molecule has 2 aromatic heterocycles. The van der Waals surface area contributed by atoms with Crippen LogP contribution in [0.25, 0.3) is 0 Å². The predicted molar refractivity (Wildman–Crippen MR) is 51.5 cm³/mol. The number of nitrogens with one attached hydrogen (secondary N) is 1. The van der Waals surface area contributed by atoms with Crippen molar-refractivity contribution in [3.63, 3.8) is 0 Å². The van der Waals surface area contributed by atoms with E-state index in [1.807, 2.05) is 0 Å². The van der Waals surface area contributed by atoms with Crippen molar-refractivity contribution in [1.82, 2.24) is 19.9 Å². The van der Waals surface area contributed by atoms with E-state index in [1.54, 1.807) is 31.0 Å². The van der Waals surface area contributed by atoms with E-state index < -0.39 is 0 Å². The van der Waals surface area contributed by atoms with Crippen LogP contribution >= 0.6 is 15.9 Å². The van der Waals surface area contributed by atoms with Gasteiger partial charge in [0.1, 0.15) is 5.82 Å². The highest BCUT2D eigenvalue weighted by Crippen LogP contribution is 2.05. The van der Waals surface area contributed by atoms with Gasteiger partial charge in [-0.15, -0.1) is 0 Å². The maximum Gasteiger partial charge on any atom is 0.150 e. The molecular weight excluding hydrogens is 234 g/mol. The zero-order valence-electron chi connectivity index (χ0n) is 6.55. The molecule has 0 aliphatic rings. The van der Waals surface area contributed by atoms with Crippen molar-refractivity contribution in [3.8, 4) is 0 Å². The van der Waals surface area contributed by atoms with Gasteiger partial charge in [-0.3, -0.25) is 0 Å². The predicted octanol–water partition coefficient (Wildman–Crippen LogP) is 1.25. The summed E-state index contributed by atoms with van der Waals surface area (Å²) in [6.07, 6.45) is 8.42. The average Bonchev–Trinajstić information content (AvgIpc) is 2.71. The number of aromatic amines is 1. The molecule has 0 amide bonds. The summed E-state index contributed by atoms with van der Waals surface area (Å²) >= 11 is 3.27. The van der Waals surface area contributed by atoms with Crippen LogP contribution in [-0.2, 0) is 0 Å². The van der Waals surface area contributed by atoms with Crippen LogP contribution in [0.1, 0.15) is 5.82 Å². The van der Waals surface area contributed by atoms with Crippen molar-refractivity contribution in [2.45, 2.75) is 0 Å². The normalized spacial score (nSPS) is 11.2. The van der Waals surface area contributed by atoms with Crippen LogP contribution in [0, 0.1) is 0 Å². The van der Waals surface area contributed by atoms with E-state index in [0.29, 0.717) is 5.82 Å². The molecule has 0 aliphatic heterocycles. The van der Waals surface area contributed by atoms with Crippen molar-refractivity contribution in [3.05, 3.63) is 35.1 Å². The second kappa shape index (κ2) is 3.53. The number of hydrogen-bond donors (Lipinski definition) is 1. The highest BCUT2D eigenvalue weighted by Gasteiger charge is 1.91. The maximum atomic E-state index is 4.03. The number of rotatable bonds is 2. The lowest BCUT2D eigenvalue weighted by Crippen LogP contribution is -1.91. The van der Waals surface area contributed by atoms with Gasteiger partial charge >= 0.3 is 0 Å². The molecule has 2 rings (SSSR count). The van der Waals surface area contributed by atoms with Gasteiger partial charge in [-0.2, -0.15) is 15.0 Å². The SMILES string of the molecule is Brc1cnn(/N=C/c2ncc[nH]2)c1. The Morgan fingerprint density at radius 1 is 1.62 bits per heavy atom. The smallest absolute Gasteiger partial charge is 0.150 e. The van der Waals surface area contributed by atoms with Crippen LogP contribution in [-0.4, -0.2) is 26.1 Å². The summed E-state index contributed by atoms with van der Waals surface area (Å²) in [5, 5.41) is 7.97. The molecule has 2 aromatic rings. The quantitative estimate of drug-likeness (QED) is 0.803. The molecule has 5 nitrogen and oxygen atoms in total. The maximum absolute atomic E-state index is 4.03. The topological polar surface area (TPSA) is 58.9 Å². The van der Waals surface area contributed by atoms with Gasteiger partial charge < -0.3 is 4.98 Å². The summed E-state index contributed by atoms with van der Waals surface area (Å²) in [6.45, 7) is 0. The molecule has 0 bridgehead atoms. The lowest BCUT2D eigenvalue weighted by molar-refractivity contribution is 0.744. The fourth-order valence-electron chi connectivity index (χ4n) is 0.816. The van der Waals surface area contributed by atoms with Gasteiger partial charge in [0.2, 0.25) is 0 Å². The Hall–Kier alpha value is -1.43. The minimum absolute atomic E-state index is 0.701. The number of nitrogens with zero attached hydrogens (tertiary/aromatic N) is 4. The van der Waals surface area contributed by atoms with Gasteiger partial charge in [-0.1, -0.05) is 0 Å². The van der Waals surface area contributed by atoms with Crippen LogP contribution in [0.2, 0.25) is 0 Å². The fourth-order valence-corrected chi connectivity index (χ4v) is 1.09. The molecule has 0 atom stereocenters. The van der Waals surface area contributed by atoms with Crippen molar-refractivity contribution >= 4 is 22.1 Å². The van der Waals surface area contributed by atoms with E-state index in [0.717, 1.165) is 4.47 Å². The third-order valence-corrected chi connectivity index (χ3v) is 1.77. The molecule has 2 heterocycles. The van der Waals surface area contributed by atoms with Crippen LogP contribution < -0.4 is 0 Å². The van der Waals surface area contributed by atoms with Crippen LogP contribution in [0.15, 0.2) is 34.4 Å². The molecule has 0 spiro atoms. The summed E-state index contributed by atoms with van der Waals surface area (Å²) < 4.78 is 0.893. The van der Waals surface area contributed by atoms with Crippen LogP contribution in [0.3, 0.4) is 0 Å². The standard InChI is InChI=1S/C7H6BrN5/c8-6-3-11-13(5-6)12-4-7-9-1-2-10-7/h1-5H,(H,9,10)/b12-4+. The average molecular weight is 240 g/mol. The van der Waals surface area contributed by atoms with E-state index >= 15 is 0 Å². The first-order chi connectivity index (χ1) is 6.34. The first-order valence-electron chi connectivity index (χ1n) is 3.58. The summed E-state index contributed by atoms with van der Waals surface area (Å²) in [6, 6.07) is 0. The molecule has 66 valence electrons. The molecule has 13 heavy (non-hydrogen) atoms. The molecule has 6 heteroatoms. The number of halogens is 1. The van der Waals surface area contributed by atoms with E-state index in [-0.39, 0.29) is 0 Å². The summed E-state index contributed by atoms with van der Waals surface area (Å²) in [4.78, 5) is 8.33. The summed E-state index contributed by atoms with van der Waals surface area (Å²) in [7, 11) is 0. The first-order valence-corrected chi connectivity index (χ1v) is 4.38. The van der Waals surface area contributed by atoms with Gasteiger partial charge in [-0.05, 0) is 15.9 Å². The van der Waals surface area contributed by atoms with Crippen molar-refractivity contribution in [2.24, 2.45) is 5.10 Å². The second-order valence-corrected chi connectivity index (χ2v) is 3.21. The fraction of sp³-hybridized carbons (Fsp3) is 0. The Kier molecular flexibility index (Phi) is 2.22. The highest BCUT2D eigenvalue weighted by atomic mass is 79.9. The third kappa shape index (κ3) is 2.03. The third-order valence-electron chi connectivity index (χ3n) is 1.36. The number of H-pyrrole nitrogens is 1. The Morgan fingerprint density at radius 3 is 3.15 bits per heavy atom. The molecule has 1 N–H and O–H groups in total. The van der Waals surface area contributed by atoms with Gasteiger partial charge in [0, 0.05) is 12.4 Å². The number of hydrogen-bond acceptors (Lipinski definition) is 3. The Bertz CT molecular complexity index is 402. The van der Waals surface area contributed by atoms with E-state index in [1.165, 1.54) is 4.79 Å². The lowest BCUT2D eigenvalue weighted by Gasteiger charge is -1.86. The van der Waals surface area contributed by atoms with Crippen LogP contribution in [0.4, 0.5) is 0 Å². The highest BCUT2D eigenvalue weighted by molar-refractivity contribution is 9.10. The lowest BCUT2D eigenvalue weighted by atomic mass is 10.7. The summed E-state index contributed by atoms with van der Waals surface area (Å²) in [5.74, 6) is 0.701. The van der Waals surface area contributed by atoms with Gasteiger partial charge in [0.05, 0.1) is 23.1 Å². The van der Waals surface area contributed by atoms with E-state index in [9.17, 15) is 0 Å². The minimum Gasteiger partial charge on any atom is -0.344 e. The molecule has 0 saturated heterocycles. The molecule has 0 radical (unpaired) electrons. The van der Waals surface area contributed by atoms with Gasteiger partial charge in [0.15, 0.2) is 0 Å². The van der Waals surface area contributed by atoms with E-state index in [4.69, 9.17) is 0 Å². The molecule has 0 aromatic carbocycles. The molecule has 0 fully saturated rings. The zero-order chi connectivity index (χ0) is 9.10. The second-order valence-electron chi connectivity index (χ2n) is 2.30. The Labute approximate surface area is 82.6 Å².